The molecule has 1 unspecified atom stereocenters. The highest BCUT2D eigenvalue weighted by atomic mass is 28.4. The van der Waals surface area contributed by atoms with Crippen LogP contribution in [0.25, 0.3) is 0 Å². The minimum atomic E-state index is -2.09. The molecule has 2 aliphatic heterocycles. The Morgan fingerprint density at radius 1 is 1.17 bits per heavy atom. The highest BCUT2D eigenvalue weighted by molar-refractivity contribution is 6.74. The van der Waals surface area contributed by atoms with Crippen molar-refractivity contribution in [3.8, 4) is 11.5 Å². The van der Waals surface area contributed by atoms with Crippen molar-refractivity contribution in [1.29, 1.82) is 0 Å². The zero-order chi connectivity index (χ0) is 30.7. The molecule has 9 nitrogen and oxygen atoms in total. The van der Waals surface area contributed by atoms with Crippen LogP contribution in [-0.2, 0) is 4.43 Å². The maximum atomic E-state index is 14.1. The third-order valence-electron chi connectivity index (χ3n) is 8.76. The van der Waals surface area contributed by atoms with Crippen LogP contribution in [0.2, 0.25) is 18.1 Å². The number of urea groups is 1. The molecule has 41 heavy (non-hydrogen) atoms. The zero-order valence-corrected chi connectivity index (χ0v) is 27.7. The molecule has 1 aromatic rings. The normalized spacial score (nSPS) is 20.1. The van der Waals surface area contributed by atoms with Crippen molar-refractivity contribution in [1.82, 2.24) is 14.7 Å². The Morgan fingerprint density at radius 2 is 1.85 bits per heavy atom. The molecule has 0 spiro atoms. The third-order valence-corrected chi connectivity index (χ3v) is 13.3. The van der Waals surface area contributed by atoms with Crippen LogP contribution < -0.4 is 15.2 Å². The number of anilines is 1. The lowest BCUT2D eigenvalue weighted by molar-refractivity contribution is 0.0647. The highest BCUT2D eigenvalue weighted by Crippen LogP contribution is 2.38. The lowest BCUT2D eigenvalue weighted by Gasteiger charge is -2.42. The summed E-state index contributed by atoms with van der Waals surface area (Å²) in [6.07, 6.45) is 6.64. The summed E-state index contributed by atoms with van der Waals surface area (Å²) in [5.74, 6) is 0.850. The van der Waals surface area contributed by atoms with Gasteiger partial charge in [-0.05, 0) is 55.1 Å². The first-order valence-corrected chi connectivity index (χ1v) is 17.5. The highest BCUT2D eigenvalue weighted by Gasteiger charge is 2.40. The molecule has 0 saturated heterocycles. The zero-order valence-electron chi connectivity index (χ0n) is 26.7. The molecule has 3 amide bonds. The number of ether oxygens (including phenoxy) is 2. The van der Waals surface area contributed by atoms with Crippen LogP contribution in [0, 0.1) is 0 Å². The fourth-order valence-corrected chi connectivity index (χ4v) is 5.83. The molecule has 0 radical (unpaired) electrons. The van der Waals surface area contributed by atoms with Crippen molar-refractivity contribution < 1.29 is 23.5 Å². The Morgan fingerprint density at radius 3 is 2.46 bits per heavy atom. The summed E-state index contributed by atoms with van der Waals surface area (Å²) in [6, 6.07) is 2.96. The summed E-state index contributed by atoms with van der Waals surface area (Å²) in [5, 5.41) is 0.0284. The standard InChI is InChI=1S/C31H50N4O5Si/c1-11-12-15-39-28-18-26(32)24(17-27(28)38-8)29(36)35-14-13-22(25-19-33(6)30(37)34(7)21(25)2)16-23(35)20-40-41(9,10)31(3,4)5/h16-19,21,23H,11-15,20,32H2,1-10H3/t21?,23-/m0/s1. The number of unbranched alkanes of at least 4 members (excludes halogenated alkanes) is 1. The van der Waals surface area contributed by atoms with E-state index in [9.17, 15) is 9.59 Å². The minimum Gasteiger partial charge on any atom is -0.493 e. The summed E-state index contributed by atoms with van der Waals surface area (Å²) in [6.45, 7) is 16.6. The SMILES string of the molecule is CCCCOc1cc(N)c(C(=O)N2CCC(C3=CN(C)C(=O)N(C)C3C)=C[C@H]2CO[Si](C)(C)C(C)(C)C)cc1OC. The second-order valence-corrected chi connectivity index (χ2v) is 17.4. The first-order valence-electron chi connectivity index (χ1n) is 14.6. The van der Waals surface area contributed by atoms with Crippen LogP contribution >= 0.6 is 0 Å². The topological polar surface area (TPSA) is 97.6 Å². The number of amides is 3. The molecule has 228 valence electrons. The second kappa shape index (κ2) is 12.9. The Balaban J connectivity index is 1.99. The lowest BCUT2D eigenvalue weighted by atomic mass is 9.90. The van der Waals surface area contributed by atoms with Gasteiger partial charge in [0.15, 0.2) is 19.8 Å². The van der Waals surface area contributed by atoms with E-state index in [1.54, 1.807) is 36.1 Å². The molecular formula is C31H50N4O5Si. The number of benzene rings is 1. The van der Waals surface area contributed by atoms with Crippen LogP contribution in [-0.4, -0.2) is 88.0 Å². The number of nitrogens with two attached hydrogens (primary N) is 1. The van der Waals surface area contributed by atoms with E-state index in [1.165, 1.54) is 0 Å². The van der Waals surface area contributed by atoms with Crippen LogP contribution in [0.4, 0.5) is 10.5 Å². The number of nitrogen functional groups attached to an aromatic ring is 1. The Kier molecular flexibility index (Phi) is 10.2. The average molecular weight is 587 g/mol. The predicted octanol–water partition coefficient (Wildman–Crippen LogP) is 5.89. The summed E-state index contributed by atoms with van der Waals surface area (Å²) in [5.41, 5.74) is 9.37. The van der Waals surface area contributed by atoms with E-state index < -0.39 is 8.32 Å². The van der Waals surface area contributed by atoms with Crippen LogP contribution in [0.1, 0.15) is 64.2 Å². The van der Waals surface area contributed by atoms with Gasteiger partial charge in [-0.2, -0.15) is 0 Å². The van der Waals surface area contributed by atoms with Crippen LogP contribution in [0.15, 0.2) is 35.6 Å². The number of hydrogen-bond acceptors (Lipinski definition) is 6. The lowest BCUT2D eigenvalue weighted by Crippen LogP contribution is -2.50. The number of carbonyl (C=O) groups is 2. The number of nitrogens with zero attached hydrogens (tertiary/aromatic N) is 3. The molecule has 2 aliphatic rings. The van der Waals surface area contributed by atoms with Gasteiger partial charge < -0.3 is 34.3 Å². The Labute approximate surface area is 247 Å². The van der Waals surface area contributed by atoms with Gasteiger partial charge in [0.1, 0.15) is 0 Å². The molecule has 0 bridgehead atoms. The fourth-order valence-electron chi connectivity index (χ4n) is 4.81. The first kappa shape index (κ1) is 32.5. The van der Waals surface area contributed by atoms with Gasteiger partial charge in [0, 0.05) is 38.6 Å². The van der Waals surface area contributed by atoms with E-state index in [0.717, 1.165) is 24.0 Å². The van der Waals surface area contributed by atoms with E-state index in [2.05, 4.69) is 46.9 Å². The number of methoxy groups -OCH3 is 1. The maximum absolute atomic E-state index is 14.1. The van der Waals surface area contributed by atoms with Crippen molar-refractivity contribution in [3.05, 3.63) is 41.1 Å². The summed E-state index contributed by atoms with van der Waals surface area (Å²) in [7, 11) is 3.06. The molecule has 0 saturated carbocycles. The van der Waals surface area contributed by atoms with Crippen LogP contribution in [0.3, 0.4) is 0 Å². The minimum absolute atomic E-state index is 0.0284. The number of rotatable bonds is 10. The smallest absolute Gasteiger partial charge is 0.323 e. The number of carbonyl (C=O) groups excluding carboxylic acids is 2. The van der Waals surface area contributed by atoms with E-state index in [4.69, 9.17) is 19.6 Å². The largest absolute Gasteiger partial charge is 0.493 e. The number of hydrogen-bond donors (Lipinski definition) is 1. The quantitative estimate of drug-likeness (QED) is 0.209. The van der Waals surface area contributed by atoms with E-state index in [0.29, 0.717) is 48.9 Å². The molecule has 0 fully saturated rings. The molecule has 1 aromatic carbocycles. The molecular weight excluding hydrogens is 536 g/mol. The van der Waals surface area contributed by atoms with Crippen molar-refractivity contribution in [2.24, 2.45) is 0 Å². The molecule has 2 N–H and O–H groups in total. The molecule has 2 atom stereocenters. The average Bonchev–Trinajstić information content (AvgIpc) is 2.92. The van der Waals surface area contributed by atoms with Gasteiger partial charge in [-0.1, -0.05) is 40.2 Å². The molecule has 10 heteroatoms. The van der Waals surface area contributed by atoms with Gasteiger partial charge in [-0.3, -0.25) is 4.79 Å². The van der Waals surface area contributed by atoms with E-state index in [-0.39, 0.29) is 29.1 Å². The van der Waals surface area contributed by atoms with Gasteiger partial charge >= 0.3 is 6.03 Å². The first-order chi connectivity index (χ1) is 19.1. The molecule has 3 rings (SSSR count). The molecule has 0 aliphatic carbocycles. The summed E-state index contributed by atoms with van der Waals surface area (Å²) < 4.78 is 18.1. The Bertz CT molecular complexity index is 1190. The van der Waals surface area contributed by atoms with Gasteiger partial charge in [0.2, 0.25) is 0 Å². The molecule has 2 heterocycles. The fraction of sp³-hybridized carbons (Fsp3) is 0.613. The Hall–Kier alpha value is -2.98. The van der Waals surface area contributed by atoms with Crippen molar-refractivity contribution in [3.63, 3.8) is 0 Å². The summed E-state index contributed by atoms with van der Waals surface area (Å²) in [4.78, 5) is 31.8. The van der Waals surface area contributed by atoms with Crippen molar-refractivity contribution in [2.45, 2.75) is 84.1 Å². The van der Waals surface area contributed by atoms with Crippen molar-refractivity contribution >= 4 is 25.9 Å². The predicted molar refractivity (Wildman–Crippen MR) is 167 cm³/mol. The van der Waals surface area contributed by atoms with Gasteiger partial charge in [0.25, 0.3) is 5.91 Å². The maximum Gasteiger partial charge on any atom is 0.323 e. The monoisotopic (exact) mass is 586 g/mol. The summed E-state index contributed by atoms with van der Waals surface area (Å²) >= 11 is 0. The molecule has 0 aromatic heterocycles. The van der Waals surface area contributed by atoms with Gasteiger partial charge in [0.05, 0.1) is 38.0 Å². The van der Waals surface area contributed by atoms with Crippen molar-refractivity contribution in [2.75, 3.05) is 46.7 Å². The third kappa shape index (κ3) is 7.09. The van der Waals surface area contributed by atoms with Gasteiger partial charge in [-0.15, -0.1) is 0 Å². The van der Waals surface area contributed by atoms with Gasteiger partial charge in [-0.25, -0.2) is 4.79 Å². The second-order valence-electron chi connectivity index (χ2n) is 12.6. The van der Waals surface area contributed by atoms with E-state index >= 15 is 0 Å². The number of likely N-dealkylation sites (N-methyl/N-ethyl adjacent to an activating group) is 1. The van der Waals surface area contributed by atoms with E-state index in [1.807, 2.05) is 25.1 Å². The van der Waals surface area contributed by atoms with Crippen LogP contribution in [0.5, 0.6) is 11.5 Å².